The predicted molar refractivity (Wildman–Crippen MR) is 45.6 cm³/mol. The molecule has 32 valence electrons. The summed E-state index contributed by atoms with van der Waals surface area (Å²) in [5.41, 5.74) is 0. The molecule has 1 atom stereocenters. The fourth-order valence-electron chi connectivity index (χ4n) is 0. The van der Waals surface area contributed by atoms with E-state index in [0.29, 0.717) is 0 Å². The van der Waals surface area contributed by atoms with E-state index < -0.39 is 0 Å². The zero-order valence-corrected chi connectivity index (χ0v) is 19.0. The van der Waals surface area contributed by atoms with Gasteiger partial charge in [-0.25, -0.2) is 0 Å². The van der Waals surface area contributed by atoms with Crippen LogP contribution in [0.2, 0.25) is 0 Å². The van der Waals surface area contributed by atoms with Gasteiger partial charge in [0.15, 0.2) is 0 Å². The normalized spacial score (nSPS) is 0. The molecule has 0 saturated heterocycles. The number of hydrogen-bond donors (Lipinski definition) is 0. The summed E-state index contributed by atoms with van der Waals surface area (Å²) in [5, 5.41) is 0. The van der Waals surface area contributed by atoms with Gasteiger partial charge in [-0.3, -0.25) is 0 Å². The first kappa shape index (κ1) is 65.5. The standard InChI is InChI=1S/3As.2Ga.In.H3P/h;;;;;;1H3/q3*-3;3*+3;. The van der Waals surface area contributed by atoms with Crippen molar-refractivity contribution in [1.29, 1.82) is 0 Å². The maximum absolute atomic E-state index is 0. The Hall–Kier alpha value is 4.25. The largest absolute Gasteiger partial charge is 3.00 e. The van der Waals surface area contributed by atoms with Crippen molar-refractivity contribution in [2.24, 2.45) is 0 Å². The van der Waals surface area contributed by atoms with Gasteiger partial charge in [0.2, 0.25) is 0 Å². The van der Waals surface area contributed by atoms with Gasteiger partial charge < -0.3 is 53.9 Å². The topological polar surface area (TPSA) is 0 Å². The van der Waals surface area contributed by atoms with E-state index in [9.17, 15) is 0 Å². The van der Waals surface area contributed by atoms with E-state index in [1.165, 1.54) is 0 Å². The quantitative estimate of drug-likeness (QED) is 0.255. The second kappa shape index (κ2) is 48.6. The van der Waals surface area contributed by atoms with Gasteiger partial charge >= 0.3 is 65.4 Å². The Bertz CT molecular complexity index is 12.9. The Morgan fingerprint density at radius 3 is 0.571 bits per heavy atom. The molecule has 0 aromatic carbocycles. The van der Waals surface area contributed by atoms with Crippen molar-refractivity contribution in [2.75, 3.05) is 0 Å². The SMILES string of the molecule is P.[As-3].[As-3].[As-3].[Ga+3].[Ga+3].[In+3]. The van der Waals surface area contributed by atoms with Gasteiger partial charge in [-0.15, -0.1) is 0 Å². The molecule has 0 N–H and O–H groups in total. The summed E-state index contributed by atoms with van der Waals surface area (Å²) in [7, 11) is 0. The summed E-state index contributed by atoms with van der Waals surface area (Å²) in [6.07, 6.45) is 0. The summed E-state index contributed by atoms with van der Waals surface area (Å²) in [6.45, 7) is 0. The average molecular weight is 513 g/mol. The molecule has 0 radical (unpaired) electrons. The van der Waals surface area contributed by atoms with Crippen molar-refractivity contribution in [2.45, 2.75) is 0 Å². The summed E-state index contributed by atoms with van der Waals surface area (Å²) >= 11 is 0. The first-order chi connectivity index (χ1) is 0. The Kier molecular flexibility index (Phi) is 454. The fourth-order valence-corrected chi connectivity index (χ4v) is 0. The summed E-state index contributed by atoms with van der Waals surface area (Å²) in [5.74, 6) is 0. The van der Waals surface area contributed by atoms with Crippen LogP contribution in [0.15, 0.2) is 0 Å². The van der Waals surface area contributed by atoms with E-state index in [0.717, 1.165) is 0 Å². The third-order valence-corrected chi connectivity index (χ3v) is 0. The number of rotatable bonds is 0. The molecule has 1 unspecified atom stereocenters. The van der Waals surface area contributed by atoms with E-state index in [1.54, 1.807) is 0 Å². The summed E-state index contributed by atoms with van der Waals surface area (Å²) in [6, 6.07) is 0. The molecule has 0 spiro atoms. The minimum Gasteiger partial charge on any atom is -3.00 e. The first-order valence-electron chi connectivity index (χ1n) is 0. The zero-order valence-electron chi connectivity index (χ0n) is 3.78. The molecule has 0 fully saturated rings. The van der Waals surface area contributed by atoms with Crippen LogP contribution in [-0.4, -0.2) is 119 Å². The molecule has 0 aromatic rings. The maximum Gasteiger partial charge on any atom is 3.00 e. The minimum atomic E-state index is 0. The van der Waals surface area contributed by atoms with Crippen molar-refractivity contribution in [1.82, 2.24) is 0 Å². The van der Waals surface area contributed by atoms with Crippen molar-refractivity contribution in [3.63, 3.8) is 0 Å². The molecule has 0 aliphatic heterocycles. The number of hydrogen-bond acceptors (Lipinski definition) is 0. The van der Waals surface area contributed by atoms with E-state index in [-0.39, 0.29) is 129 Å². The Morgan fingerprint density at radius 1 is 0.571 bits per heavy atom. The maximum atomic E-state index is 0. The van der Waals surface area contributed by atoms with Gasteiger partial charge in [-0.1, -0.05) is 0 Å². The Balaban J connectivity index is 0. The molecular weight excluding hydrogens is 510 g/mol. The average Bonchev–Trinajstić information content (AvgIpc) is 0. The van der Waals surface area contributed by atoms with Crippen molar-refractivity contribution in [3.8, 4) is 0 Å². The third-order valence-electron chi connectivity index (χ3n) is 0. The van der Waals surface area contributed by atoms with E-state index in [4.69, 9.17) is 0 Å². The molecule has 7 heteroatoms. The molecule has 0 aliphatic carbocycles. The van der Waals surface area contributed by atoms with Crippen LogP contribution in [0.25, 0.3) is 0 Å². The van der Waals surface area contributed by atoms with Gasteiger partial charge in [-0.2, -0.15) is 9.90 Å². The van der Waals surface area contributed by atoms with Crippen molar-refractivity contribution < 1.29 is 0 Å². The molecule has 0 bridgehead atoms. The Labute approximate surface area is 127 Å². The van der Waals surface area contributed by atoms with Crippen LogP contribution in [0.1, 0.15) is 0 Å². The summed E-state index contributed by atoms with van der Waals surface area (Å²) < 4.78 is 0. The van der Waals surface area contributed by atoms with Crippen LogP contribution in [0.3, 0.4) is 0 Å². The first-order valence-corrected chi connectivity index (χ1v) is 0. The van der Waals surface area contributed by atoms with Gasteiger partial charge in [-0.05, 0) is 0 Å². The van der Waals surface area contributed by atoms with Crippen molar-refractivity contribution in [3.05, 3.63) is 0 Å². The molecule has 0 amide bonds. The van der Waals surface area contributed by atoms with Crippen molar-refractivity contribution >= 4 is 129 Å². The molecule has 0 aromatic heterocycles. The van der Waals surface area contributed by atoms with Gasteiger partial charge in [0.05, 0.1) is 0 Å². The van der Waals surface area contributed by atoms with Crippen LogP contribution in [-0.2, 0) is 0 Å². The molecule has 7 heavy (non-hydrogen) atoms. The molecule has 0 heterocycles. The molecule has 0 rings (SSSR count). The molecule has 0 aliphatic rings. The van der Waals surface area contributed by atoms with E-state index in [2.05, 4.69) is 0 Å². The molecule has 0 nitrogen and oxygen atoms in total. The second-order valence-corrected chi connectivity index (χ2v) is 0. The zero-order chi connectivity index (χ0) is 0. The van der Waals surface area contributed by atoms with Gasteiger partial charge in [0.25, 0.3) is 0 Å². The summed E-state index contributed by atoms with van der Waals surface area (Å²) in [4.78, 5) is 0. The predicted octanol–water partition coefficient (Wildman–Crippen LogP) is -2.23. The minimum absolute atomic E-state index is 0. The van der Waals surface area contributed by atoms with Crippen LogP contribution in [0, 0.1) is 0 Å². The third kappa shape index (κ3) is 38.6. The van der Waals surface area contributed by atoms with Crippen LogP contribution in [0.4, 0.5) is 0 Å². The molecular formula is H3As3Ga2InP. The fraction of sp³-hybridized carbons (Fsp3) is 0. The van der Waals surface area contributed by atoms with Crippen LogP contribution < -0.4 is 0 Å². The van der Waals surface area contributed by atoms with Gasteiger partial charge in [0, 0.05) is 0 Å². The smallest absolute Gasteiger partial charge is 3.00 e. The van der Waals surface area contributed by atoms with Gasteiger partial charge in [0.1, 0.15) is 0 Å². The Morgan fingerprint density at radius 2 is 0.571 bits per heavy atom. The molecule has 0 saturated carbocycles. The van der Waals surface area contributed by atoms with Crippen LogP contribution in [0.5, 0.6) is 0 Å². The van der Waals surface area contributed by atoms with E-state index >= 15 is 0 Å². The van der Waals surface area contributed by atoms with Crippen LogP contribution >= 0.6 is 9.90 Å². The second-order valence-electron chi connectivity index (χ2n) is 0. The van der Waals surface area contributed by atoms with E-state index in [1.807, 2.05) is 0 Å². The monoisotopic (exact) mass is 512 g/mol.